The Morgan fingerprint density at radius 3 is 2.71 bits per heavy atom. The van der Waals surface area contributed by atoms with Crippen LogP contribution in [0.15, 0.2) is 66.2 Å². The Morgan fingerprint density at radius 2 is 1.95 bits per heavy atom. The van der Waals surface area contributed by atoms with E-state index < -0.39 is 17.7 Å². The van der Waals surface area contributed by atoms with E-state index in [1.54, 1.807) is 36.4 Å². The second-order valence-corrected chi connectivity index (χ2v) is 10.7. The van der Waals surface area contributed by atoms with Crippen LogP contribution in [0.4, 0.5) is 5.13 Å². The first kappa shape index (κ1) is 24.5. The van der Waals surface area contributed by atoms with Crippen LogP contribution in [-0.4, -0.2) is 34.5 Å². The molecule has 2 atom stereocenters. The van der Waals surface area contributed by atoms with Crippen molar-refractivity contribution in [2.45, 2.75) is 32.4 Å². The summed E-state index contributed by atoms with van der Waals surface area (Å²) in [6, 6.07) is 16.8. The number of ketones is 1. The van der Waals surface area contributed by atoms with Gasteiger partial charge in [-0.15, -0.1) is 0 Å². The number of Topliss-reactive ketones (excluding diaryl/α,β-unsaturated/α-hetero) is 1. The summed E-state index contributed by atoms with van der Waals surface area (Å²) >= 11 is 7.42. The van der Waals surface area contributed by atoms with Crippen molar-refractivity contribution in [2.24, 2.45) is 0 Å². The van der Waals surface area contributed by atoms with Crippen LogP contribution in [0.3, 0.4) is 0 Å². The maximum Gasteiger partial charge on any atom is 0.301 e. The second-order valence-electron chi connectivity index (χ2n) is 9.23. The average Bonchev–Trinajstić information content (AvgIpc) is 3.56. The Morgan fingerprint density at radius 1 is 1.16 bits per heavy atom. The van der Waals surface area contributed by atoms with Crippen molar-refractivity contribution in [1.82, 2.24) is 4.98 Å². The van der Waals surface area contributed by atoms with Crippen LogP contribution in [0, 0.1) is 0 Å². The lowest BCUT2D eigenvalue weighted by Crippen LogP contribution is -2.29. The number of ether oxygens (including phenoxy) is 2. The molecule has 0 aliphatic carbocycles. The summed E-state index contributed by atoms with van der Waals surface area (Å²) in [5.74, 6) is -0.325. The minimum Gasteiger partial charge on any atom is -0.507 e. The molecular weight excluding hydrogens is 524 g/mol. The summed E-state index contributed by atoms with van der Waals surface area (Å²) in [4.78, 5) is 33.0. The van der Waals surface area contributed by atoms with Crippen molar-refractivity contribution < 1.29 is 24.2 Å². The lowest BCUT2D eigenvalue weighted by molar-refractivity contribution is -0.132. The number of aliphatic hydroxyl groups excluding tert-OH is 1. The Labute approximate surface area is 227 Å². The molecule has 0 spiro atoms. The number of carbonyl (C=O) groups is 2. The summed E-state index contributed by atoms with van der Waals surface area (Å²) in [5.41, 5.74) is 2.69. The van der Waals surface area contributed by atoms with Gasteiger partial charge in [0.1, 0.15) is 23.4 Å². The van der Waals surface area contributed by atoms with Crippen molar-refractivity contribution >= 4 is 55.7 Å². The highest BCUT2D eigenvalue weighted by Crippen LogP contribution is 2.45. The fourth-order valence-corrected chi connectivity index (χ4v) is 6.11. The molecule has 9 heteroatoms. The normalized spacial score (nSPS) is 20.1. The molecule has 2 aliphatic heterocycles. The molecule has 6 rings (SSSR count). The molecule has 1 fully saturated rings. The van der Waals surface area contributed by atoms with Gasteiger partial charge in [0.05, 0.1) is 28.4 Å². The molecule has 1 N–H and O–H groups in total. The fourth-order valence-electron chi connectivity index (χ4n) is 4.97. The number of halogens is 1. The number of amides is 1. The summed E-state index contributed by atoms with van der Waals surface area (Å²) in [7, 11) is 0. The fraction of sp³-hybridized carbons (Fsp3) is 0.207. The molecule has 0 radical (unpaired) electrons. The summed E-state index contributed by atoms with van der Waals surface area (Å²) < 4.78 is 12.2. The zero-order valence-electron chi connectivity index (χ0n) is 20.6. The molecule has 2 aliphatic rings. The lowest BCUT2D eigenvalue weighted by Gasteiger charge is -2.23. The van der Waals surface area contributed by atoms with Crippen LogP contribution >= 0.6 is 22.9 Å². The van der Waals surface area contributed by atoms with Gasteiger partial charge in [0, 0.05) is 17.0 Å². The highest BCUT2D eigenvalue weighted by atomic mass is 35.5. The molecule has 192 valence electrons. The Bertz CT molecular complexity index is 1630. The number of anilines is 1. The molecule has 4 aromatic rings. The Balaban J connectivity index is 1.50. The number of hydrogen-bond acceptors (Lipinski definition) is 7. The molecular formula is C29H23ClN2O5S. The van der Waals surface area contributed by atoms with Crippen molar-refractivity contribution in [3.05, 3.63) is 87.9 Å². The maximum atomic E-state index is 13.5. The van der Waals surface area contributed by atoms with Crippen LogP contribution in [0.25, 0.3) is 16.0 Å². The lowest BCUT2D eigenvalue weighted by atomic mass is 9.94. The number of nitrogens with zero attached hydrogens (tertiary/aromatic N) is 2. The molecule has 3 heterocycles. The van der Waals surface area contributed by atoms with Crippen LogP contribution in [0.2, 0.25) is 5.02 Å². The van der Waals surface area contributed by atoms with E-state index in [-0.39, 0.29) is 17.4 Å². The van der Waals surface area contributed by atoms with Crippen LogP contribution in [0.1, 0.15) is 36.6 Å². The molecule has 7 nitrogen and oxygen atoms in total. The first-order valence-electron chi connectivity index (χ1n) is 12.2. The predicted octanol–water partition coefficient (Wildman–Crippen LogP) is 6.30. The third-order valence-electron chi connectivity index (χ3n) is 6.67. The van der Waals surface area contributed by atoms with Gasteiger partial charge < -0.3 is 14.6 Å². The van der Waals surface area contributed by atoms with E-state index in [2.05, 4.69) is 4.98 Å². The van der Waals surface area contributed by atoms with Crippen molar-refractivity contribution in [3.8, 4) is 11.5 Å². The Kier molecular flexibility index (Phi) is 6.08. The van der Waals surface area contributed by atoms with Crippen molar-refractivity contribution in [2.75, 3.05) is 11.5 Å². The van der Waals surface area contributed by atoms with E-state index in [9.17, 15) is 14.7 Å². The largest absolute Gasteiger partial charge is 0.507 e. The number of aromatic nitrogens is 1. The van der Waals surface area contributed by atoms with Crippen molar-refractivity contribution in [1.29, 1.82) is 0 Å². The van der Waals surface area contributed by atoms with Gasteiger partial charge in [0.15, 0.2) is 5.13 Å². The molecule has 1 amide bonds. The van der Waals surface area contributed by atoms with Gasteiger partial charge in [-0.1, -0.05) is 35.1 Å². The third-order valence-corrected chi connectivity index (χ3v) is 7.93. The first-order chi connectivity index (χ1) is 18.3. The quantitative estimate of drug-likeness (QED) is 0.179. The maximum absolute atomic E-state index is 13.5. The van der Waals surface area contributed by atoms with E-state index >= 15 is 0 Å². The van der Waals surface area contributed by atoms with Gasteiger partial charge in [-0.05, 0) is 73.5 Å². The summed E-state index contributed by atoms with van der Waals surface area (Å²) in [6.45, 7) is 4.40. The highest BCUT2D eigenvalue weighted by molar-refractivity contribution is 7.22. The number of aliphatic hydroxyl groups is 1. The molecule has 2 unspecified atom stereocenters. The smallest absolute Gasteiger partial charge is 0.301 e. The topological polar surface area (TPSA) is 89.0 Å². The van der Waals surface area contributed by atoms with Gasteiger partial charge in [-0.3, -0.25) is 14.5 Å². The zero-order valence-corrected chi connectivity index (χ0v) is 22.2. The van der Waals surface area contributed by atoms with Gasteiger partial charge in [0.25, 0.3) is 5.78 Å². The zero-order chi connectivity index (χ0) is 26.6. The minimum atomic E-state index is -0.886. The Hall–Kier alpha value is -3.88. The molecule has 1 saturated heterocycles. The number of thiazole rings is 1. The minimum absolute atomic E-state index is 0.00139. The molecule has 38 heavy (non-hydrogen) atoms. The summed E-state index contributed by atoms with van der Waals surface area (Å²) in [5, 5.41) is 12.3. The van der Waals surface area contributed by atoms with Crippen LogP contribution < -0.4 is 14.4 Å². The first-order valence-corrected chi connectivity index (χ1v) is 13.4. The van der Waals surface area contributed by atoms with Crippen molar-refractivity contribution in [3.63, 3.8) is 0 Å². The molecule has 0 bridgehead atoms. The number of hydrogen-bond donors (Lipinski definition) is 1. The van der Waals surface area contributed by atoms with E-state index in [1.165, 1.54) is 16.2 Å². The van der Waals surface area contributed by atoms with E-state index in [0.717, 1.165) is 16.0 Å². The highest BCUT2D eigenvalue weighted by Gasteiger charge is 2.48. The predicted molar refractivity (Wildman–Crippen MR) is 147 cm³/mol. The van der Waals surface area contributed by atoms with E-state index in [0.29, 0.717) is 45.6 Å². The summed E-state index contributed by atoms with van der Waals surface area (Å²) in [6.07, 6.45) is 0.727. The number of rotatable bonds is 5. The molecule has 0 saturated carbocycles. The molecule has 1 aromatic heterocycles. The van der Waals surface area contributed by atoms with Gasteiger partial charge in [-0.25, -0.2) is 4.98 Å². The SMILES string of the molecule is CCOc1ccc2nc(N3C(=O)C(=O)/C(=C(\O)c4ccc5c(c4)CC(C)O5)C3c3ccc(Cl)cc3)sc2c1. The standard InChI is InChI=1S/C29H23ClN2O5S/c1-3-36-20-9-10-21-23(14-20)38-29(31-21)32-25(16-4-7-19(30)8-5-16)24(27(34)28(32)35)26(33)17-6-11-22-18(13-17)12-15(2)37-22/h4-11,13-15,25,33H,3,12H2,1-2H3/b26-24-. The van der Waals surface area contributed by atoms with Gasteiger partial charge >= 0.3 is 5.91 Å². The number of benzene rings is 3. The second kappa shape index (κ2) is 9.45. The monoisotopic (exact) mass is 546 g/mol. The van der Waals surface area contributed by atoms with Gasteiger partial charge in [0.2, 0.25) is 0 Å². The van der Waals surface area contributed by atoms with E-state index in [4.69, 9.17) is 21.1 Å². The average molecular weight is 547 g/mol. The molecule has 3 aromatic carbocycles. The van der Waals surface area contributed by atoms with Crippen LogP contribution in [0.5, 0.6) is 11.5 Å². The van der Waals surface area contributed by atoms with Crippen LogP contribution in [-0.2, 0) is 16.0 Å². The van der Waals surface area contributed by atoms with Gasteiger partial charge in [-0.2, -0.15) is 0 Å². The third kappa shape index (κ3) is 4.10. The number of carbonyl (C=O) groups excluding carboxylic acids is 2. The number of fused-ring (bicyclic) bond motifs is 2. The van der Waals surface area contributed by atoms with E-state index in [1.807, 2.05) is 38.1 Å².